The number of benzene rings is 1. The summed E-state index contributed by atoms with van der Waals surface area (Å²) in [4.78, 5) is 18.8. The Bertz CT molecular complexity index is 902. The third-order valence-corrected chi connectivity index (χ3v) is 5.38. The van der Waals surface area contributed by atoms with E-state index in [1.165, 1.54) is 22.3 Å². The van der Waals surface area contributed by atoms with Crippen molar-refractivity contribution in [2.24, 2.45) is 4.40 Å². The Balaban J connectivity index is 1.76. The van der Waals surface area contributed by atoms with Crippen molar-refractivity contribution in [3.05, 3.63) is 40.9 Å². The SMILES string of the molecule is Cc1cnc(NC(=O)CN(C)C2=NS(=O)(=O)c3ccccc32)s1. The van der Waals surface area contributed by atoms with Crippen LogP contribution in [0, 0.1) is 6.92 Å². The number of rotatable bonds is 3. The van der Waals surface area contributed by atoms with Crippen LogP contribution in [0.3, 0.4) is 0 Å². The maximum Gasteiger partial charge on any atom is 0.285 e. The Kier molecular flexibility index (Phi) is 3.90. The van der Waals surface area contributed by atoms with Gasteiger partial charge in [-0.2, -0.15) is 8.42 Å². The molecule has 0 unspecified atom stereocenters. The number of aromatic nitrogens is 1. The van der Waals surface area contributed by atoms with Crippen LogP contribution in [0.4, 0.5) is 5.13 Å². The molecule has 0 bridgehead atoms. The molecule has 2 heterocycles. The minimum absolute atomic E-state index is 0.0265. The third kappa shape index (κ3) is 3.10. The summed E-state index contributed by atoms with van der Waals surface area (Å²) in [7, 11) is -2.06. The summed E-state index contributed by atoms with van der Waals surface area (Å²) in [6.45, 7) is 1.87. The molecule has 0 saturated carbocycles. The zero-order valence-electron chi connectivity index (χ0n) is 12.5. The number of nitrogens with zero attached hydrogens (tertiary/aromatic N) is 3. The van der Waals surface area contributed by atoms with Crippen molar-refractivity contribution in [3.63, 3.8) is 0 Å². The number of carbonyl (C=O) groups excluding carboxylic acids is 1. The highest BCUT2D eigenvalue weighted by atomic mass is 32.2. The van der Waals surface area contributed by atoms with Crippen LogP contribution in [0.2, 0.25) is 0 Å². The Morgan fingerprint density at radius 2 is 2.09 bits per heavy atom. The lowest BCUT2D eigenvalue weighted by Gasteiger charge is -2.17. The van der Waals surface area contributed by atoms with Crippen LogP contribution in [-0.4, -0.2) is 43.6 Å². The van der Waals surface area contributed by atoms with Crippen molar-refractivity contribution >= 4 is 38.2 Å². The van der Waals surface area contributed by atoms with Crippen LogP contribution in [0.5, 0.6) is 0 Å². The van der Waals surface area contributed by atoms with E-state index in [9.17, 15) is 13.2 Å². The number of thiazole rings is 1. The molecule has 120 valence electrons. The highest BCUT2D eigenvalue weighted by Gasteiger charge is 2.30. The number of fused-ring (bicyclic) bond motifs is 1. The van der Waals surface area contributed by atoms with E-state index < -0.39 is 10.0 Å². The number of aryl methyl sites for hydroxylation is 1. The molecule has 0 radical (unpaired) electrons. The Hall–Kier alpha value is -2.26. The average Bonchev–Trinajstić information content (AvgIpc) is 3.01. The molecule has 1 aliphatic rings. The number of likely N-dealkylation sites (N-methyl/N-ethyl adjacent to an activating group) is 1. The van der Waals surface area contributed by atoms with Gasteiger partial charge in [-0.3, -0.25) is 4.79 Å². The smallest absolute Gasteiger partial charge is 0.285 e. The number of anilines is 1. The van der Waals surface area contributed by atoms with Gasteiger partial charge in [0.1, 0.15) is 4.90 Å². The summed E-state index contributed by atoms with van der Waals surface area (Å²) >= 11 is 1.38. The van der Waals surface area contributed by atoms with Crippen LogP contribution in [0.25, 0.3) is 0 Å². The molecular formula is C14H14N4O3S2. The number of amides is 1. The van der Waals surface area contributed by atoms with E-state index in [1.807, 2.05) is 6.92 Å². The summed E-state index contributed by atoms with van der Waals surface area (Å²) in [6, 6.07) is 6.57. The fraction of sp³-hybridized carbons (Fsp3) is 0.214. The molecule has 0 saturated heterocycles. The monoisotopic (exact) mass is 350 g/mol. The Morgan fingerprint density at radius 1 is 1.35 bits per heavy atom. The van der Waals surface area contributed by atoms with E-state index in [0.717, 1.165) is 4.88 Å². The number of hydrogen-bond acceptors (Lipinski definition) is 6. The molecule has 0 spiro atoms. The molecule has 2 aromatic rings. The zero-order chi connectivity index (χ0) is 16.6. The molecule has 0 fully saturated rings. The van der Waals surface area contributed by atoms with Gasteiger partial charge in [-0.15, -0.1) is 15.7 Å². The summed E-state index contributed by atoms with van der Waals surface area (Å²) < 4.78 is 27.8. The van der Waals surface area contributed by atoms with Gasteiger partial charge in [0.05, 0.1) is 6.54 Å². The highest BCUT2D eigenvalue weighted by Crippen LogP contribution is 2.26. The van der Waals surface area contributed by atoms with Crippen molar-refractivity contribution in [1.82, 2.24) is 9.88 Å². The summed E-state index contributed by atoms with van der Waals surface area (Å²) in [5, 5.41) is 3.20. The molecule has 1 N–H and O–H groups in total. The Morgan fingerprint density at radius 3 is 2.78 bits per heavy atom. The van der Waals surface area contributed by atoms with Gasteiger partial charge in [0.2, 0.25) is 5.91 Å². The first-order chi connectivity index (χ1) is 10.9. The van der Waals surface area contributed by atoms with Crippen molar-refractivity contribution < 1.29 is 13.2 Å². The van der Waals surface area contributed by atoms with Crippen LogP contribution in [0.1, 0.15) is 10.4 Å². The normalized spacial score (nSPS) is 15.0. The minimum Gasteiger partial charge on any atom is -0.349 e. The second kappa shape index (κ2) is 5.74. The minimum atomic E-state index is -3.69. The second-order valence-corrected chi connectivity index (χ2v) is 7.87. The molecule has 1 aliphatic heterocycles. The molecular weight excluding hydrogens is 336 g/mol. The summed E-state index contributed by atoms with van der Waals surface area (Å²) in [5.41, 5.74) is 0.507. The van der Waals surface area contributed by atoms with Crippen LogP contribution >= 0.6 is 11.3 Å². The molecule has 1 amide bonds. The van der Waals surface area contributed by atoms with Crippen LogP contribution < -0.4 is 5.32 Å². The first kappa shape index (κ1) is 15.6. The zero-order valence-corrected chi connectivity index (χ0v) is 14.1. The standard InChI is InChI=1S/C14H14N4O3S2/c1-9-7-15-14(22-9)16-12(19)8-18(2)13-10-5-3-4-6-11(10)23(20,21)17-13/h3-7H,8H2,1-2H3,(H,15,16,19). The molecule has 1 aromatic heterocycles. The van der Waals surface area contributed by atoms with Crippen molar-refractivity contribution in [1.29, 1.82) is 0 Å². The van der Waals surface area contributed by atoms with Gasteiger partial charge in [0.15, 0.2) is 11.0 Å². The van der Waals surface area contributed by atoms with Crippen LogP contribution in [-0.2, 0) is 14.8 Å². The quantitative estimate of drug-likeness (QED) is 0.905. The van der Waals surface area contributed by atoms with Gasteiger partial charge < -0.3 is 10.2 Å². The van der Waals surface area contributed by atoms with Crippen molar-refractivity contribution in [3.8, 4) is 0 Å². The van der Waals surface area contributed by atoms with Gasteiger partial charge >= 0.3 is 0 Å². The largest absolute Gasteiger partial charge is 0.349 e. The molecule has 7 nitrogen and oxygen atoms in total. The molecule has 1 aromatic carbocycles. The fourth-order valence-corrected chi connectivity index (χ4v) is 4.16. The first-order valence-electron chi connectivity index (χ1n) is 6.74. The summed E-state index contributed by atoms with van der Waals surface area (Å²) in [5.74, 6) is -0.0163. The molecule has 0 aliphatic carbocycles. The predicted molar refractivity (Wildman–Crippen MR) is 88.3 cm³/mol. The number of sulfonamides is 1. The van der Waals surface area contributed by atoms with Crippen molar-refractivity contribution in [2.75, 3.05) is 18.9 Å². The fourth-order valence-electron chi connectivity index (χ4n) is 2.23. The molecule has 9 heteroatoms. The first-order valence-corrected chi connectivity index (χ1v) is 9.00. The molecule has 0 atom stereocenters. The Labute approximate surface area is 137 Å². The number of carbonyl (C=O) groups is 1. The van der Waals surface area contributed by atoms with Crippen LogP contribution in [0.15, 0.2) is 39.8 Å². The van der Waals surface area contributed by atoms with E-state index in [-0.39, 0.29) is 23.2 Å². The van der Waals surface area contributed by atoms with E-state index in [4.69, 9.17) is 0 Å². The van der Waals surface area contributed by atoms with E-state index in [2.05, 4.69) is 14.7 Å². The van der Waals surface area contributed by atoms with Gasteiger partial charge in [-0.05, 0) is 19.1 Å². The lowest BCUT2D eigenvalue weighted by Crippen LogP contribution is -2.34. The van der Waals surface area contributed by atoms with Gasteiger partial charge in [0, 0.05) is 23.7 Å². The van der Waals surface area contributed by atoms with Gasteiger partial charge in [-0.25, -0.2) is 4.98 Å². The molecule has 3 rings (SSSR count). The van der Waals surface area contributed by atoms with E-state index >= 15 is 0 Å². The maximum atomic E-state index is 12.1. The second-order valence-electron chi connectivity index (χ2n) is 5.07. The van der Waals surface area contributed by atoms with Gasteiger partial charge in [-0.1, -0.05) is 12.1 Å². The third-order valence-electron chi connectivity index (χ3n) is 3.22. The number of amidine groups is 1. The summed E-state index contributed by atoms with van der Waals surface area (Å²) in [6.07, 6.45) is 1.67. The van der Waals surface area contributed by atoms with E-state index in [0.29, 0.717) is 10.7 Å². The van der Waals surface area contributed by atoms with Crippen molar-refractivity contribution in [2.45, 2.75) is 11.8 Å². The average molecular weight is 350 g/mol. The van der Waals surface area contributed by atoms with Gasteiger partial charge in [0.25, 0.3) is 10.0 Å². The van der Waals surface area contributed by atoms with E-state index in [1.54, 1.807) is 31.4 Å². The number of nitrogens with one attached hydrogen (secondary N) is 1. The topological polar surface area (TPSA) is 91.7 Å². The molecule has 23 heavy (non-hydrogen) atoms. The lowest BCUT2D eigenvalue weighted by molar-refractivity contribution is -0.116. The maximum absolute atomic E-state index is 12.1. The highest BCUT2D eigenvalue weighted by molar-refractivity contribution is 7.90. The predicted octanol–water partition coefficient (Wildman–Crippen LogP) is 1.47. The lowest BCUT2D eigenvalue weighted by atomic mass is 10.2. The number of hydrogen-bond donors (Lipinski definition) is 1.